The molecule has 0 saturated carbocycles. The highest BCUT2D eigenvalue weighted by Gasteiger charge is 2.16. The lowest BCUT2D eigenvalue weighted by molar-refractivity contribution is 0.0327. The number of aliphatic hydroxyl groups is 1. The maximum absolute atomic E-state index is 9.09. The second-order valence-corrected chi connectivity index (χ2v) is 5.16. The first-order valence-electron chi connectivity index (χ1n) is 6.15. The summed E-state index contributed by atoms with van der Waals surface area (Å²) >= 11 is 0. The van der Waals surface area contributed by atoms with Crippen molar-refractivity contribution in [2.75, 3.05) is 12.8 Å². The molecule has 1 unspecified atom stereocenters. The monoisotopic (exact) mass is 254 g/mol. The fourth-order valence-electron chi connectivity index (χ4n) is 0.881. The maximum atomic E-state index is 9.09. The average Bonchev–Trinajstić information content (AvgIpc) is 2.28. The van der Waals surface area contributed by atoms with Crippen LogP contribution in [0.15, 0.2) is 18.3 Å². The summed E-state index contributed by atoms with van der Waals surface area (Å²) in [6, 6.07) is 3.62. The van der Waals surface area contributed by atoms with Crippen molar-refractivity contribution in [3.8, 4) is 0 Å². The molecule has 1 atom stereocenters. The molecule has 0 bridgehead atoms. The van der Waals surface area contributed by atoms with Crippen molar-refractivity contribution in [3.63, 3.8) is 0 Å². The first kappa shape index (κ1) is 16.9. The molecular formula is C14H26N2O2. The highest BCUT2D eigenvalue weighted by atomic mass is 16.5. The van der Waals surface area contributed by atoms with Crippen LogP contribution in [0, 0.1) is 5.92 Å². The number of aromatic nitrogens is 1. The smallest absolute Gasteiger partial charge is 0.0983 e. The van der Waals surface area contributed by atoms with E-state index in [4.69, 9.17) is 15.6 Å². The molecule has 4 nitrogen and oxygen atoms in total. The number of hydrogen-bond acceptors (Lipinski definition) is 4. The number of ether oxygens (including phenoxy) is 1. The van der Waals surface area contributed by atoms with Crippen LogP contribution in [0.25, 0.3) is 0 Å². The predicted octanol–water partition coefficient (Wildman–Crippen LogP) is 2.78. The number of anilines is 1. The molecule has 0 amide bonds. The van der Waals surface area contributed by atoms with Gasteiger partial charge in [-0.05, 0) is 38.8 Å². The molecule has 18 heavy (non-hydrogen) atoms. The molecule has 1 rings (SSSR count). The second-order valence-electron chi connectivity index (χ2n) is 5.16. The third kappa shape index (κ3) is 5.98. The highest BCUT2D eigenvalue weighted by molar-refractivity contribution is 5.42. The number of nitrogen functional groups attached to an aromatic ring is 1. The third-order valence-electron chi connectivity index (χ3n) is 3.02. The Morgan fingerprint density at radius 2 is 1.83 bits per heavy atom. The summed E-state index contributed by atoms with van der Waals surface area (Å²) in [6.45, 7) is 9.55. The summed E-state index contributed by atoms with van der Waals surface area (Å²) in [5.74, 6) is 0.354. The van der Waals surface area contributed by atoms with E-state index in [0.29, 0.717) is 11.6 Å². The largest absolute Gasteiger partial charge is 0.397 e. The van der Waals surface area contributed by atoms with Crippen LogP contribution in [0.3, 0.4) is 0 Å². The van der Waals surface area contributed by atoms with Crippen molar-refractivity contribution >= 4 is 5.69 Å². The van der Waals surface area contributed by atoms with Gasteiger partial charge in [0.1, 0.15) is 0 Å². The van der Waals surface area contributed by atoms with Gasteiger partial charge >= 0.3 is 0 Å². The topological polar surface area (TPSA) is 68.4 Å². The summed E-state index contributed by atoms with van der Waals surface area (Å²) in [7, 11) is 1.64. The Labute approximate surface area is 110 Å². The second kappa shape index (κ2) is 7.34. The van der Waals surface area contributed by atoms with Crippen molar-refractivity contribution in [1.82, 2.24) is 4.98 Å². The van der Waals surface area contributed by atoms with E-state index in [0.717, 1.165) is 5.69 Å². The van der Waals surface area contributed by atoms with E-state index >= 15 is 0 Å². The molecule has 0 fully saturated rings. The first-order valence-corrected chi connectivity index (χ1v) is 6.15. The Morgan fingerprint density at radius 3 is 2.17 bits per heavy atom. The Hall–Kier alpha value is -1.13. The first-order chi connectivity index (χ1) is 8.20. The number of pyridine rings is 1. The van der Waals surface area contributed by atoms with Gasteiger partial charge in [-0.15, -0.1) is 0 Å². The molecule has 3 N–H and O–H groups in total. The van der Waals surface area contributed by atoms with Gasteiger partial charge in [0.25, 0.3) is 0 Å². The van der Waals surface area contributed by atoms with E-state index in [9.17, 15) is 0 Å². The van der Waals surface area contributed by atoms with Crippen LogP contribution >= 0.6 is 0 Å². The van der Waals surface area contributed by atoms with Gasteiger partial charge in [0.2, 0.25) is 0 Å². The zero-order valence-corrected chi connectivity index (χ0v) is 12.3. The molecule has 0 saturated heterocycles. The van der Waals surface area contributed by atoms with Crippen molar-refractivity contribution < 1.29 is 9.84 Å². The molecule has 1 heterocycles. The molecule has 1 aromatic heterocycles. The predicted molar refractivity (Wildman–Crippen MR) is 75.2 cm³/mol. The Kier molecular flexibility index (Phi) is 6.88. The highest BCUT2D eigenvalue weighted by Crippen LogP contribution is 2.18. The van der Waals surface area contributed by atoms with E-state index in [1.165, 1.54) is 0 Å². The zero-order chi connectivity index (χ0) is 14.3. The summed E-state index contributed by atoms with van der Waals surface area (Å²) < 4.78 is 5.07. The number of nitrogens with zero attached hydrogens (tertiary/aromatic N) is 1. The van der Waals surface area contributed by atoms with Crippen LogP contribution < -0.4 is 5.73 Å². The molecular weight excluding hydrogens is 228 g/mol. The summed E-state index contributed by atoms with van der Waals surface area (Å²) in [4.78, 5) is 4.10. The normalized spacial score (nSPS) is 12.9. The molecule has 0 spiro atoms. The van der Waals surface area contributed by atoms with Crippen molar-refractivity contribution in [3.05, 3.63) is 24.0 Å². The molecule has 0 aliphatic rings. The van der Waals surface area contributed by atoms with E-state index < -0.39 is 5.60 Å². The minimum atomic E-state index is -0.500. The Balaban J connectivity index is 0.000000360. The molecule has 104 valence electrons. The maximum Gasteiger partial charge on any atom is 0.0983 e. The lowest BCUT2D eigenvalue weighted by Gasteiger charge is -2.21. The number of methoxy groups -OCH3 is 1. The van der Waals surface area contributed by atoms with Crippen molar-refractivity contribution in [2.45, 2.75) is 46.3 Å². The standard InChI is InChI=1S/C8H12N2O.C6H14O/c1-6(11-2)8-7(9)4-3-5-10-8;1-5(2)6(3,4)7/h3-6H,9H2,1-2H3;5,7H,1-4H3. The lowest BCUT2D eigenvalue weighted by atomic mass is 9.95. The van der Waals surface area contributed by atoms with Crippen LogP contribution in [0.1, 0.15) is 46.4 Å². The van der Waals surface area contributed by atoms with Crippen LogP contribution in [0.5, 0.6) is 0 Å². The van der Waals surface area contributed by atoms with Gasteiger partial charge in [-0.1, -0.05) is 13.8 Å². The van der Waals surface area contributed by atoms with Gasteiger partial charge in [0.05, 0.1) is 23.1 Å². The van der Waals surface area contributed by atoms with E-state index in [2.05, 4.69) is 4.98 Å². The van der Waals surface area contributed by atoms with Crippen LogP contribution in [0.4, 0.5) is 5.69 Å². The van der Waals surface area contributed by atoms with Gasteiger partial charge in [0, 0.05) is 13.3 Å². The molecule has 1 aromatic rings. The van der Waals surface area contributed by atoms with Gasteiger partial charge in [0.15, 0.2) is 0 Å². The molecule has 0 aliphatic heterocycles. The molecule has 0 aliphatic carbocycles. The lowest BCUT2D eigenvalue weighted by Crippen LogP contribution is -2.25. The summed E-state index contributed by atoms with van der Waals surface area (Å²) in [5.41, 5.74) is 6.64. The van der Waals surface area contributed by atoms with Crippen LogP contribution in [-0.4, -0.2) is 22.8 Å². The summed E-state index contributed by atoms with van der Waals surface area (Å²) in [6.07, 6.45) is 1.68. The fourth-order valence-corrected chi connectivity index (χ4v) is 0.881. The van der Waals surface area contributed by atoms with E-state index in [-0.39, 0.29) is 6.10 Å². The van der Waals surface area contributed by atoms with Gasteiger partial charge in [-0.3, -0.25) is 4.98 Å². The number of rotatable bonds is 3. The van der Waals surface area contributed by atoms with Gasteiger partial charge < -0.3 is 15.6 Å². The number of hydrogen-bond donors (Lipinski definition) is 2. The minimum absolute atomic E-state index is 0.0313. The third-order valence-corrected chi connectivity index (χ3v) is 3.02. The van der Waals surface area contributed by atoms with Gasteiger partial charge in [-0.2, -0.15) is 0 Å². The van der Waals surface area contributed by atoms with Crippen LogP contribution in [-0.2, 0) is 4.74 Å². The molecule has 0 radical (unpaired) electrons. The van der Waals surface area contributed by atoms with Crippen molar-refractivity contribution in [1.29, 1.82) is 0 Å². The zero-order valence-electron chi connectivity index (χ0n) is 12.3. The SMILES string of the molecule is CC(C)C(C)(C)O.COC(C)c1ncccc1N. The van der Waals surface area contributed by atoms with Crippen LogP contribution in [0.2, 0.25) is 0 Å². The molecule has 0 aromatic carbocycles. The van der Waals surface area contributed by atoms with Gasteiger partial charge in [-0.25, -0.2) is 0 Å². The summed E-state index contributed by atoms with van der Waals surface area (Å²) in [5, 5.41) is 9.09. The quantitative estimate of drug-likeness (QED) is 0.870. The Morgan fingerprint density at radius 1 is 1.33 bits per heavy atom. The minimum Gasteiger partial charge on any atom is -0.397 e. The number of nitrogens with two attached hydrogens (primary N) is 1. The van der Waals surface area contributed by atoms with E-state index in [1.54, 1.807) is 19.4 Å². The molecule has 4 heteroatoms. The Bertz CT molecular complexity index is 346. The average molecular weight is 254 g/mol. The van der Waals surface area contributed by atoms with E-state index in [1.807, 2.05) is 40.7 Å². The fraction of sp³-hybridized carbons (Fsp3) is 0.643. The van der Waals surface area contributed by atoms with Crippen molar-refractivity contribution in [2.24, 2.45) is 5.92 Å².